The molecule has 0 aromatic carbocycles. The first kappa shape index (κ1) is 28.6. The van der Waals surface area contributed by atoms with Crippen LogP contribution in [0.5, 0.6) is 0 Å². The van der Waals surface area contributed by atoms with E-state index < -0.39 is 65.2 Å². The normalized spacial score (nSPS) is 15.7. The van der Waals surface area contributed by atoms with Crippen molar-refractivity contribution in [3.05, 3.63) is 22.1 Å². The maximum absolute atomic E-state index is 13.0. The van der Waals surface area contributed by atoms with E-state index in [0.717, 1.165) is 4.98 Å². The quantitative estimate of drug-likeness (QED) is 0.544. The molecule has 192 valence electrons. The third-order valence-electron chi connectivity index (χ3n) is 3.89. The first-order valence-electron chi connectivity index (χ1n) is 7.00. The number of hydrogen-bond donors (Lipinski definition) is 1. The van der Waals surface area contributed by atoms with Gasteiger partial charge in [-0.15, -0.1) is 0 Å². The smallest absolute Gasteiger partial charge is 0.292 e. The van der Waals surface area contributed by atoms with Gasteiger partial charge in [-0.1, -0.05) is 0 Å². The molecule has 1 aromatic heterocycles. The second-order valence-corrected chi connectivity index (χ2v) is 5.81. The van der Waals surface area contributed by atoms with Gasteiger partial charge in [0.25, 0.3) is 0 Å². The average Bonchev–Trinajstić information content (AvgIpc) is 2.36. The van der Waals surface area contributed by atoms with Gasteiger partial charge in [0.2, 0.25) is 0 Å². The van der Waals surface area contributed by atoms with Crippen LogP contribution in [0.4, 0.5) is 79.0 Å². The molecule has 1 aromatic rings. The van der Waals surface area contributed by atoms with Gasteiger partial charge in [0.1, 0.15) is 5.82 Å². The van der Waals surface area contributed by atoms with Gasteiger partial charge in [0.15, 0.2) is 5.82 Å². The second kappa shape index (κ2) is 7.27. The molecule has 0 aliphatic heterocycles. The molecule has 0 aliphatic rings. The highest BCUT2D eigenvalue weighted by atomic mass is 19.4. The summed E-state index contributed by atoms with van der Waals surface area (Å²) in [6.45, 7) is 0. The van der Waals surface area contributed by atoms with Gasteiger partial charge >= 0.3 is 53.6 Å². The van der Waals surface area contributed by atoms with Crippen LogP contribution in [0.1, 0.15) is 11.6 Å². The van der Waals surface area contributed by atoms with Crippen molar-refractivity contribution < 1.29 is 79.0 Å². The van der Waals surface area contributed by atoms with Crippen LogP contribution in [0.15, 0.2) is 4.79 Å². The van der Waals surface area contributed by atoms with E-state index in [1.165, 1.54) is 4.98 Å². The van der Waals surface area contributed by atoms with Crippen LogP contribution >= 0.6 is 0 Å². The Morgan fingerprint density at radius 3 is 0.970 bits per heavy atom. The number of alkyl halides is 18. The first-order valence-corrected chi connectivity index (χ1v) is 7.00. The lowest BCUT2D eigenvalue weighted by Gasteiger charge is -2.39. The van der Waals surface area contributed by atoms with Crippen LogP contribution in [0.2, 0.25) is 0 Å². The number of rotatable bonds is 2. The number of H-pyrrole nitrogens is 1. The van der Waals surface area contributed by atoms with Crippen LogP contribution in [0.25, 0.3) is 0 Å². The molecule has 0 bridgehead atoms. The number of hydrogen-bond acceptors (Lipinski definition) is 3. The van der Waals surface area contributed by atoms with Crippen LogP contribution in [-0.4, -0.2) is 52.0 Å². The largest absolute Gasteiger partial charge is 0.419 e. The van der Waals surface area contributed by atoms with Gasteiger partial charge in [0.05, 0.1) is 0 Å². The molecule has 0 unspecified atom stereocenters. The van der Waals surface area contributed by atoms with Crippen LogP contribution in [0, 0.1) is 0 Å². The van der Waals surface area contributed by atoms with Gasteiger partial charge < -0.3 is 0 Å². The molecule has 0 radical (unpaired) electrons. The predicted molar refractivity (Wildman–Crippen MR) is 62.3 cm³/mol. The van der Waals surface area contributed by atoms with Crippen molar-refractivity contribution in [1.29, 1.82) is 0 Å². The van der Waals surface area contributed by atoms with Crippen molar-refractivity contribution in [2.45, 2.75) is 47.9 Å². The second-order valence-electron chi connectivity index (χ2n) is 5.81. The number of aromatic amines is 1. The molecular weight excluding hydrogens is 532 g/mol. The molecular formula is C11HF18N3O. The lowest BCUT2D eigenvalue weighted by atomic mass is 9.82. The Morgan fingerprint density at radius 2 is 0.727 bits per heavy atom. The third kappa shape index (κ3) is 3.93. The van der Waals surface area contributed by atoms with Crippen molar-refractivity contribution >= 4 is 0 Å². The molecule has 4 nitrogen and oxygen atoms in total. The number of nitrogens with zero attached hydrogens (tertiary/aromatic N) is 2. The van der Waals surface area contributed by atoms with Gasteiger partial charge in [-0.05, 0) is 0 Å². The summed E-state index contributed by atoms with van der Waals surface area (Å²) in [4.78, 5) is 13.5. The van der Waals surface area contributed by atoms with Crippen molar-refractivity contribution in [1.82, 2.24) is 15.0 Å². The molecule has 0 saturated carbocycles. The van der Waals surface area contributed by atoms with E-state index >= 15 is 0 Å². The molecule has 1 heterocycles. The molecule has 1 N–H and O–H groups in total. The maximum Gasteiger partial charge on any atom is 0.419 e. The summed E-state index contributed by atoms with van der Waals surface area (Å²) in [5, 5.41) is 0. The Balaban J connectivity index is 4.47. The molecule has 0 saturated heterocycles. The molecule has 0 fully saturated rings. The third-order valence-corrected chi connectivity index (χ3v) is 3.89. The topological polar surface area (TPSA) is 58.6 Å². The van der Waals surface area contributed by atoms with Crippen molar-refractivity contribution in [2.24, 2.45) is 0 Å². The zero-order valence-corrected chi connectivity index (χ0v) is 14.1. The van der Waals surface area contributed by atoms with E-state index in [0.29, 0.717) is 0 Å². The zero-order chi connectivity index (χ0) is 26.9. The fourth-order valence-corrected chi connectivity index (χ4v) is 2.48. The highest BCUT2D eigenvalue weighted by Gasteiger charge is 2.88. The van der Waals surface area contributed by atoms with Crippen LogP contribution < -0.4 is 5.69 Å². The summed E-state index contributed by atoms with van der Waals surface area (Å²) in [7, 11) is 0. The summed E-state index contributed by atoms with van der Waals surface area (Å²) in [6, 6.07) is 0. The zero-order valence-electron chi connectivity index (χ0n) is 14.1. The van der Waals surface area contributed by atoms with E-state index in [4.69, 9.17) is 0 Å². The minimum atomic E-state index is -7.79. The number of aromatic nitrogens is 3. The standard InChI is InChI=1S/C11HF18N3O/c12-6(13,14)4(7(15,16)17,8(18,19)20)1-30-2(32-3(33)31-1)5(9(21,22)23,10(24,25)26)11(27,28)29/h(H,30,31,32,33). The summed E-state index contributed by atoms with van der Waals surface area (Å²) < 4.78 is 234. The summed E-state index contributed by atoms with van der Waals surface area (Å²) in [5.74, 6) is -8.33. The minimum absolute atomic E-state index is 0.105. The Morgan fingerprint density at radius 1 is 0.455 bits per heavy atom. The lowest BCUT2D eigenvalue weighted by Crippen LogP contribution is -2.66. The van der Waals surface area contributed by atoms with E-state index in [1.807, 2.05) is 0 Å². The fourth-order valence-electron chi connectivity index (χ4n) is 2.48. The monoisotopic (exact) mass is 533 g/mol. The van der Waals surface area contributed by atoms with E-state index in [9.17, 15) is 83.8 Å². The van der Waals surface area contributed by atoms with E-state index in [2.05, 4.69) is 0 Å². The van der Waals surface area contributed by atoms with Crippen LogP contribution in [0.3, 0.4) is 0 Å². The molecule has 0 atom stereocenters. The minimum Gasteiger partial charge on any atom is -0.292 e. The summed E-state index contributed by atoms with van der Waals surface area (Å²) in [6.07, 6.45) is -46.7. The highest BCUT2D eigenvalue weighted by molar-refractivity contribution is 5.26. The highest BCUT2D eigenvalue weighted by Crippen LogP contribution is 2.62. The fraction of sp³-hybridized carbons (Fsp3) is 0.727. The Labute approximate surface area is 165 Å². The SMILES string of the molecule is O=c1nc(C(C(F)(F)F)(C(F)(F)F)C(F)(F)F)nc(C(C(F)(F)F)(C(F)(F)F)C(F)(F)F)[nH]1. The Bertz CT molecular complexity index is 780. The molecule has 0 spiro atoms. The number of nitrogens with one attached hydrogen (secondary N) is 1. The molecule has 0 amide bonds. The molecule has 1 rings (SSSR count). The molecule has 22 heteroatoms. The van der Waals surface area contributed by atoms with Crippen LogP contribution in [-0.2, 0) is 10.8 Å². The summed E-state index contributed by atoms with van der Waals surface area (Å²) >= 11 is 0. The van der Waals surface area contributed by atoms with Crippen molar-refractivity contribution in [2.75, 3.05) is 0 Å². The maximum atomic E-state index is 13.0. The molecule has 33 heavy (non-hydrogen) atoms. The van der Waals surface area contributed by atoms with E-state index in [-0.39, 0.29) is 4.98 Å². The predicted octanol–water partition coefficient (Wildman–Crippen LogP) is 5.01. The Hall–Kier alpha value is -2.45. The summed E-state index contributed by atoms with van der Waals surface area (Å²) in [5.41, 5.74) is -18.4. The van der Waals surface area contributed by atoms with Gasteiger partial charge in [-0.2, -0.15) is 84.0 Å². The van der Waals surface area contributed by atoms with E-state index in [1.54, 1.807) is 0 Å². The van der Waals surface area contributed by atoms with Crippen molar-refractivity contribution in [3.8, 4) is 0 Å². The lowest BCUT2D eigenvalue weighted by molar-refractivity contribution is -0.391. The molecule has 0 aliphatic carbocycles. The first-order chi connectivity index (χ1) is 14.1. The van der Waals surface area contributed by atoms with Gasteiger partial charge in [0, 0.05) is 0 Å². The van der Waals surface area contributed by atoms with Gasteiger partial charge in [-0.25, -0.2) is 9.78 Å². The van der Waals surface area contributed by atoms with Crippen molar-refractivity contribution in [3.63, 3.8) is 0 Å². The van der Waals surface area contributed by atoms with Gasteiger partial charge in [-0.3, -0.25) is 4.98 Å². The Kier molecular flexibility index (Phi) is 6.30. The number of halogens is 18. The average molecular weight is 533 g/mol.